The summed E-state index contributed by atoms with van der Waals surface area (Å²) in [5, 5.41) is 20.3. The van der Waals surface area contributed by atoms with E-state index in [1.54, 1.807) is 6.92 Å². The van der Waals surface area contributed by atoms with Crippen molar-refractivity contribution in [2.45, 2.75) is 44.2 Å². The molecule has 1 fully saturated rings. The predicted octanol–water partition coefficient (Wildman–Crippen LogP) is 1.24. The van der Waals surface area contributed by atoms with Gasteiger partial charge in [0.05, 0.1) is 0 Å². The summed E-state index contributed by atoms with van der Waals surface area (Å²) in [6.45, 7) is 4.08. The Bertz CT molecular complexity index is 508. The molecule has 22 heavy (non-hydrogen) atoms. The van der Waals surface area contributed by atoms with Crippen LogP contribution in [0.2, 0.25) is 0 Å². The van der Waals surface area contributed by atoms with E-state index in [0.29, 0.717) is 6.42 Å². The maximum Gasteiger partial charge on any atom is 0.323 e. The molecule has 1 heterocycles. The molecule has 0 spiro atoms. The van der Waals surface area contributed by atoms with E-state index in [1.807, 2.05) is 30.3 Å². The summed E-state index contributed by atoms with van der Waals surface area (Å²) in [6, 6.07) is 9.36. The first-order chi connectivity index (χ1) is 10.2. The molecule has 1 aromatic rings. The zero-order valence-electron chi connectivity index (χ0n) is 13.0. The minimum absolute atomic E-state index is 0.350. The molecule has 1 aliphatic heterocycles. The molecule has 1 aromatic carbocycles. The number of carbonyl (C=O) groups is 2. The highest BCUT2D eigenvalue weighted by Crippen LogP contribution is 2.17. The highest BCUT2D eigenvalue weighted by molar-refractivity contribution is 5.78. The molecular formula is C16H24N2O4. The summed E-state index contributed by atoms with van der Waals surface area (Å²) in [4.78, 5) is 21.2. The van der Waals surface area contributed by atoms with E-state index in [4.69, 9.17) is 15.9 Å². The third-order valence-electron chi connectivity index (χ3n) is 3.74. The number of hydrogen-bond donors (Lipinski definition) is 4. The normalized spacial score (nSPS) is 23.0. The molecular weight excluding hydrogens is 284 g/mol. The van der Waals surface area contributed by atoms with Crippen molar-refractivity contribution < 1.29 is 19.8 Å². The topological polar surface area (TPSA) is 113 Å². The largest absolute Gasteiger partial charge is 0.480 e. The molecule has 2 rings (SSSR count). The lowest BCUT2D eigenvalue weighted by Crippen LogP contribution is -2.46. The summed E-state index contributed by atoms with van der Waals surface area (Å²) in [7, 11) is 0. The van der Waals surface area contributed by atoms with Gasteiger partial charge in [-0.25, -0.2) is 0 Å². The average Bonchev–Trinajstić information content (AvgIpc) is 2.88. The van der Waals surface area contributed by atoms with Crippen LogP contribution in [0.25, 0.3) is 0 Å². The van der Waals surface area contributed by atoms with E-state index in [0.717, 1.165) is 24.9 Å². The van der Waals surface area contributed by atoms with Gasteiger partial charge in [0.1, 0.15) is 11.1 Å². The van der Waals surface area contributed by atoms with Crippen LogP contribution in [0.1, 0.15) is 32.3 Å². The van der Waals surface area contributed by atoms with Crippen molar-refractivity contribution in [3.63, 3.8) is 0 Å². The predicted molar refractivity (Wildman–Crippen MR) is 83.7 cm³/mol. The fourth-order valence-corrected chi connectivity index (χ4v) is 2.17. The number of rotatable bonds is 4. The Hall–Kier alpha value is -1.92. The fraction of sp³-hybridized carbons (Fsp3) is 0.500. The lowest BCUT2D eigenvalue weighted by molar-refractivity contribution is -0.144. The molecule has 1 saturated heterocycles. The third-order valence-corrected chi connectivity index (χ3v) is 3.74. The van der Waals surface area contributed by atoms with Gasteiger partial charge in [-0.05, 0) is 38.8 Å². The second-order valence-electron chi connectivity index (χ2n) is 6.05. The van der Waals surface area contributed by atoms with Crippen molar-refractivity contribution in [2.75, 3.05) is 6.54 Å². The minimum atomic E-state index is -1.18. The summed E-state index contributed by atoms with van der Waals surface area (Å²) in [5.74, 6) is -1.71. The number of nitrogens with two attached hydrogens (primary N) is 1. The van der Waals surface area contributed by atoms with E-state index < -0.39 is 23.0 Å². The van der Waals surface area contributed by atoms with Gasteiger partial charge in [0.25, 0.3) is 0 Å². The van der Waals surface area contributed by atoms with Crippen LogP contribution in [-0.4, -0.2) is 39.8 Å². The van der Waals surface area contributed by atoms with Crippen molar-refractivity contribution in [1.82, 2.24) is 5.32 Å². The zero-order valence-corrected chi connectivity index (χ0v) is 13.0. The van der Waals surface area contributed by atoms with Crippen LogP contribution in [0, 0.1) is 0 Å². The van der Waals surface area contributed by atoms with Crippen LogP contribution in [0.4, 0.5) is 0 Å². The first-order valence-corrected chi connectivity index (χ1v) is 7.22. The molecule has 6 heteroatoms. The van der Waals surface area contributed by atoms with Crippen LogP contribution in [0.5, 0.6) is 0 Å². The standard InChI is InChI=1S/C10H13NO2.C6H11NO2/c1-10(11,9(12)13)7-8-5-3-2-4-6-8;1-6(5(8)9)3-2-4-7-6/h2-6H,7,11H2,1H3,(H,12,13);7H,2-4H2,1H3,(H,8,9)/t10-;6-/m00/s1. The quantitative estimate of drug-likeness (QED) is 0.666. The SMILES string of the molecule is C[C@@]1(C(=O)O)CCCN1.C[C@](N)(Cc1ccccc1)C(=O)O. The number of hydrogen-bond acceptors (Lipinski definition) is 4. The molecule has 1 aliphatic rings. The van der Waals surface area contributed by atoms with E-state index in [9.17, 15) is 9.59 Å². The molecule has 122 valence electrons. The van der Waals surface area contributed by atoms with Gasteiger partial charge < -0.3 is 21.3 Å². The van der Waals surface area contributed by atoms with Crippen molar-refractivity contribution in [3.8, 4) is 0 Å². The van der Waals surface area contributed by atoms with Gasteiger partial charge in [-0.3, -0.25) is 9.59 Å². The number of benzene rings is 1. The van der Waals surface area contributed by atoms with Crippen molar-refractivity contribution >= 4 is 11.9 Å². The Kier molecular flexibility index (Phi) is 6.08. The molecule has 0 amide bonds. The van der Waals surface area contributed by atoms with Crippen LogP contribution in [0.3, 0.4) is 0 Å². The Balaban J connectivity index is 0.000000235. The third kappa shape index (κ3) is 5.13. The highest BCUT2D eigenvalue weighted by atomic mass is 16.4. The van der Waals surface area contributed by atoms with Crippen molar-refractivity contribution in [2.24, 2.45) is 5.73 Å². The van der Waals surface area contributed by atoms with Crippen LogP contribution >= 0.6 is 0 Å². The molecule has 0 bridgehead atoms. The van der Waals surface area contributed by atoms with Gasteiger partial charge in [0.15, 0.2) is 0 Å². The number of nitrogens with one attached hydrogen (secondary N) is 1. The molecule has 0 saturated carbocycles. The average molecular weight is 308 g/mol. The Morgan fingerprint density at radius 3 is 2.27 bits per heavy atom. The monoisotopic (exact) mass is 308 g/mol. The molecule has 5 N–H and O–H groups in total. The maximum absolute atomic E-state index is 10.7. The molecule has 0 unspecified atom stereocenters. The van der Waals surface area contributed by atoms with Crippen LogP contribution < -0.4 is 11.1 Å². The van der Waals surface area contributed by atoms with E-state index in [2.05, 4.69) is 5.32 Å². The fourth-order valence-electron chi connectivity index (χ4n) is 2.17. The van der Waals surface area contributed by atoms with Gasteiger partial charge in [-0.1, -0.05) is 30.3 Å². The molecule has 6 nitrogen and oxygen atoms in total. The van der Waals surface area contributed by atoms with Crippen LogP contribution in [0.15, 0.2) is 30.3 Å². The molecule has 0 radical (unpaired) electrons. The van der Waals surface area contributed by atoms with Gasteiger partial charge >= 0.3 is 11.9 Å². The van der Waals surface area contributed by atoms with Gasteiger partial charge in [0, 0.05) is 6.42 Å². The Morgan fingerprint density at radius 1 is 1.32 bits per heavy atom. The maximum atomic E-state index is 10.7. The van der Waals surface area contributed by atoms with Gasteiger partial charge in [0.2, 0.25) is 0 Å². The van der Waals surface area contributed by atoms with E-state index >= 15 is 0 Å². The summed E-state index contributed by atoms with van der Waals surface area (Å²) in [6.07, 6.45) is 2.08. The highest BCUT2D eigenvalue weighted by Gasteiger charge is 2.35. The van der Waals surface area contributed by atoms with E-state index in [1.165, 1.54) is 6.92 Å². The first kappa shape index (κ1) is 18.1. The summed E-state index contributed by atoms with van der Waals surface area (Å²) in [5.41, 5.74) is 4.71. The lowest BCUT2D eigenvalue weighted by Gasteiger charge is -2.18. The first-order valence-electron chi connectivity index (χ1n) is 7.22. The second kappa shape index (κ2) is 7.38. The van der Waals surface area contributed by atoms with Crippen molar-refractivity contribution in [3.05, 3.63) is 35.9 Å². The van der Waals surface area contributed by atoms with Gasteiger partial charge in [-0.15, -0.1) is 0 Å². The van der Waals surface area contributed by atoms with Gasteiger partial charge in [-0.2, -0.15) is 0 Å². The molecule has 0 aromatic heterocycles. The number of carboxylic acid groups (broad SMARTS) is 2. The number of carboxylic acids is 2. The second-order valence-corrected chi connectivity index (χ2v) is 6.05. The number of aliphatic carboxylic acids is 2. The Labute approximate surface area is 130 Å². The van der Waals surface area contributed by atoms with E-state index in [-0.39, 0.29) is 0 Å². The summed E-state index contributed by atoms with van der Waals surface area (Å²) >= 11 is 0. The Morgan fingerprint density at radius 2 is 1.91 bits per heavy atom. The minimum Gasteiger partial charge on any atom is -0.480 e. The lowest BCUT2D eigenvalue weighted by atomic mass is 9.94. The van der Waals surface area contributed by atoms with Crippen molar-refractivity contribution in [1.29, 1.82) is 0 Å². The summed E-state index contributed by atoms with van der Waals surface area (Å²) < 4.78 is 0. The smallest absolute Gasteiger partial charge is 0.323 e. The molecule has 0 aliphatic carbocycles. The zero-order chi connectivity index (χ0) is 16.8. The molecule has 2 atom stereocenters. The van der Waals surface area contributed by atoms with Crippen LogP contribution in [-0.2, 0) is 16.0 Å².